The number of benzene rings is 2. The molecule has 3 atom stereocenters. The van der Waals surface area contributed by atoms with E-state index in [1.165, 1.54) is 12.1 Å². The van der Waals surface area contributed by atoms with Crippen LogP contribution in [-0.4, -0.2) is 70.6 Å². The first-order valence-electron chi connectivity index (χ1n) is 12.4. The van der Waals surface area contributed by atoms with E-state index in [4.69, 9.17) is 4.74 Å². The van der Waals surface area contributed by atoms with Crippen molar-refractivity contribution in [2.45, 2.75) is 32.4 Å². The summed E-state index contributed by atoms with van der Waals surface area (Å²) in [4.78, 5) is 34.2. The number of hydrogen-bond donors (Lipinski definition) is 1. The molecule has 0 saturated heterocycles. The maximum absolute atomic E-state index is 13.6. The van der Waals surface area contributed by atoms with E-state index in [0.29, 0.717) is 24.2 Å². The number of nitrogens with zero attached hydrogens (tertiary/aromatic N) is 3. The van der Waals surface area contributed by atoms with Gasteiger partial charge in [0.2, 0.25) is 11.8 Å². The SMILES string of the molecule is C[C@H](CO)N1C[C@H](C)[C@H](CN(C)C(=O)Cc2ccccc2)Oc2ncc(-c3ccc(F)cc3)cc2C1=O. The van der Waals surface area contributed by atoms with E-state index in [-0.39, 0.29) is 48.0 Å². The van der Waals surface area contributed by atoms with Gasteiger partial charge < -0.3 is 19.6 Å². The second-order valence-corrected chi connectivity index (χ2v) is 9.64. The lowest BCUT2D eigenvalue weighted by molar-refractivity contribution is -0.130. The molecule has 8 heteroatoms. The summed E-state index contributed by atoms with van der Waals surface area (Å²) in [6.07, 6.45) is 1.43. The molecule has 1 aliphatic heterocycles. The number of aliphatic hydroxyl groups excluding tert-OH is 1. The number of rotatable bonds is 7. The van der Waals surface area contributed by atoms with Gasteiger partial charge in [0, 0.05) is 31.3 Å². The minimum atomic E-state index is -0.436. The highest BCUT2D eigenvalue weighted by Gasteiger charge is 2.34. The minimum absolute atomic E-state index is 0.0411. The van der Waals surface area contributed by atoms with Crippen LogP contribution >= 0.6 is 0 Å². The van der Waals surface area contributed by atoms with Gasteiger partial charge in [-0.3, -0.25) is 9.59 Å². The lowest BCUT2D eigenvalue weighted by atomic mass is 9.99. The summed E-state index contributed by atoms with van der Waals surface area (Å²) in [7, 11) is 1.74. The summed E-state index contributed by atoms with van der Waals surface area (Å²) in [5.41, 5.74) is 2.55. The fraction of sp³-hybridized carbons (Fsp3) is 0.345. The lowest BCUT2D eigenvalue weighted by Gasteiger charge is -2.37. The van der Waals surface area contributed by atoms with E-state index in [1.807, 2.05) is 37.3 Å². The average Bonchev–Trinajstić information content (AvgIpc) is 2.91. The van der Waals surface area contributed by atoms with Crippen LogP contribution in [0.2, 0.25) is 0 Å². The average molecular weight is 506 g/mol. The van der Waals surface area contributed by atoms with Crippen LogP contribution in [0.5, 0.6) is 5.88 Å². The van der Waals surface area contributed by atoms with Gasteiger partial charge in [0.1, 0.15) is 17.5 Å². The standard InChI is InChI=1S/C29H32FN3O4/c1-19-16-33(20(2)18-34)29(36)25-14-23(22-9-11-24(30)12-10-22)15-31-28(25)37-26(19)17-32(3)27(35)13-21-7-5-4-6-8-21/h4-12,14-15,19-20,26,34H,13,16-18H2,1-3H3/t19-,20+,26-/m0/s1. The molecule has 0 spiro atoms. The predicted molar refractivity (Wildman–Crippen MR) is 139 cm³/mol. The van der Waals surface area contributed by atoms with E-state index in [2.05, 4.69) is 4.98 Å². The van der Waals surface area contributed by atoms with Crippen molar-refractivity contribution in [3.05, 3.63) is 83.8 Å². The van der Waals surface area contributed by atoms with Crippen molar-refractivity contribution >= 4 is 11.8 Å². The van der Waals surface area contributed by atoms with Crippen LogP contribution in [0.15, 0.2) is 66.9 Å². The zero-order valence-corrected chi connectivity index (χ0v) is 21.3. The molecule has 0 radical (unpaired) electrons. The highest BCUT2D eigenvalue weighted by atomic mass is 19.1. The van der Waals surface area contributed by atoms with Gasteiger partial charge in [-0.25, -0.2) is 9.37 Å². The fourth-order valence-electron chi connectivity index (χ4n) is 4.40. The zero-order chi connectivity index (χ0) is 26.5. The quantitative estimate of drug-likeness (QED) is 0.528. The smallest absolute Gasteiger partial charge is 0.259 e. The Morgan fingerprint density at radius 3 is 2.57 bits per heavy atom. The van der Waals surface area contributed by atoms with Gasteiger partial charge in [-0.05, 0) is 36.2 Å². The van der Waals surface area contributed by atoms with E-state index < -0.39 is 12.1 Å². The van der Waals surface area contributed by atoms with E-state index >= 15 is 0 Å². The number of carbonyl (C=O) groups excluding carboxylic acids is 2. The van der Waals surface area contributed by atoms with Crippen molar-refractivity contribution in [3.8, 4) is 17.0 Å². The zero-order valence-electron chi connectivity index (χ0n) is 21.3. The highest BCUT2D eigenvalue weighted by Crippen LogP contribution is 2.30. The molecule has 3 aromatic rings. The molecule has 0 saturated carbocycles. The first-order chi connectivity index (χ1) is 17.8. The van der Waals surface area contributed by atoms with Gasteiger partial charge in [-0.15, -0.1) is 0 Å². The first kappa shape index (κ1) is 26.3. The van der Waals surface area contributed by atoms with Crippen LogP contribution < -0.4 is 4.74 Å². The first-order valence-corrected chi connectivity index (χ1v) is 12.4. The second-order valence-electron chi connectivity index (χ2n) is 9.64. The molecule has 0 fully saturated rings. The van der Waals surface area contributed by atoms with Gasteiger partial charge in [-0.1, -0.05) is 49.4 Å². The molecule has 37 heavy (non-hydrogen) atoms. The normalized spacial score (nSPS) is 18.3. The van der Waals surface area contributed by atoms with Crippen LogP contribution in [0.4, 0.5) is 4.39 Å². The maximum atomic E-state index is 13.6. The lowest BCUT2D eigenvalue weighted by Crippen LogP contribution is -2.50. The Bertz CT molecular complexity index is 1240. The maximum Gasteiger partial charge on any atom is 0.259 e. The number of amides is 2. The second kappa shape index (κ2) is 11.5. The highest BCUT2D eigenvalue weighted by molar-refractivity contribution is 5.98. The van der Waals surface area contributed by atoms with Gasteiger partial charge in [-0.2, -0.15) is 0 Å². The number of pyridine rings is 1. The number of hydrogen-bond acceptors (Lipinski definition) is 5. The summed E-state index contributed by atoms with van der Waals surface area (Å²) in [5.74, 6) is -0.663. The molecule has 0 bridgehead atoms. The third-order valence-electron chi connectivity index (χ3n) is 6.78. The van der Waals surface area contributed by atoms with Gasteiger partial charge >= 0.3 is 0 Å². The topological polar surface area (TPSA) is 83.0 Å². The third-order valence-corrected chi connectivity index (χ3v) is 6.78. The van der Waals surface area contributed by atoms with Crippen LogP contribution in [0.3, 0.4) is 0 Å². The number of aromatic nitrogens is 1. The summed E-state index contributed by atoms with van der Waals surface area (Å²) in [6.45, 7) is 4.20. The van der Waals surface area contributed by atoms with E-state index in [1.54, 1.807) is 48.2 Å². The van der Waals surface area contributed by atoms with Crippen molar-refractivity contribution in [2.24, 2.45) is 5.92 Å². The molecule has 2 amide bonds. The van der Waals surface area contributed by atoms with Crippen LogP contribution in [-0.2, 0) is 11.2 Å². The molecule has 194 valence electrons. The molecule has 1 aliphatic rings. The van der Waals surface area contributed by atoms with Crippen molar-refractivity contribution in [3.63, 3.8) is 0 Å². The molecule has 4 rings (SSSR count). The molecule has 0 unspecified atom stereocenters. The monoisotopic (exact) mass is 505 g/mol. The van der Waals surface area contributed by atoms with E-state index in [9.17, 15) is 19.1 Å². The molecular formula is C29H32FN3O4. The van der Waals surface area contributed by atoms with E-state index in [0.717, 1.165) is 5.56 Å². The Morgan fingerprint density at radius 1 is 1.19 bits per heavy atom. The molecule has 2 aromatic carbocycles. The largest absolute Gasteiger partial charge is 0.472 e. The predicted octanol–water partition coefficient (Wildman–Crippen LogP) is 3.81. The van der Waals surface area contributed by atoms with Crippen molar-refractivity contribution in [1.29, 1.82) is 0 Å². The van der Waals surface area contributed by atoms with Crippen molar-refractivity contribution in [2.75, 3.05) is 26.7 Å². The Balaban J connectivity index is 1.63. The number of fused-ring (bicyclic) bond motifs is 1. The number of halogens is 1. The number of carbonyl (C=O) groups is 2. The summed E-state index contributed by atoms with van der Waals surface area (Å²) >= 11 is 0. The summed E-state index contributed by atoms with van der Waals surface area (Å²) in [6, 6.07) is 16.8. The molecule has 7 nitrogen and oxygen atoms in total. The number of ether oxygens (including phenoxy) is 1. The molecule has 1 N–H and O–H groups in total. The Kier molecular flexibility index (Phi) is 8.18. The number of aliphatic hydroxyl groups is 1. The Morgan fingerprint density at radius 2 is 1.89 bits per heavy atom. The molecule has 0 aliphatic carbocycles. The van der Waals surface area contributed by atoms with Crippen molar-refractivity contribution in [1.82, 2.24) is 14.8 Å². The Labute approximate surface area is 216 Å². The fourth-order valence-corrected chi connectivity index (χ4v) is 4.40. The molecular weight excluding hydrogens is 473 g/mol. The van der Waals surface area contributed by atoms with Crippen LogP contribution in [0.25, 0.3) is 11.1 Å². The molecule has 1 aromatic heterocycles. The summed E-state index contributed by atoms with van der Waals surface area (Å²) in [5, 5.41) is 9.85. The number of likely N-dealkylation sites (N-methyl/N-ethyl adjacent to an activating group) is 1. The summed E-state index contributed by atoms with van der Waals surface area (Å²) < 4.78 is 19.7. The minimum Gasteiger partial charge on any atom is -0.472 e. The third kappa shape index (κ3) is 6.14. The van der Waals surface area contributed by atoms with Gasteiger partial charge in [0.15, 0.2) is 0 Å². The van der Waals surface area contributed by atoms with Crippen molar-refractivity contribution < 1.29 is 23.8 Å². The van der Waals surface area contributed by atoms with Crippen LogP contribution in [0.1, 0.15) is 29.8 Å². The Hall–Kier alpha value is -3.78. The van der Waals surface area contributed by atoms with Gasteiger partial charge in [0.05, 0.1) is 25.6 Å². The molecule has 2 heterocycles. The van der Waals surface area contributed by atoms with Crippen LogP contribution in [0, 0.1) is 11.7 Å². The van der Waals surface area contributed by atoms with Gasteiger partial charge in [0.25, 0.3) is 5.91 Å².